The lowest BCUT2D eigenvalue weighted by atomic mass is 10.2. The SMILES string of the molecule is O=C(NO)N1CCN(C(=S)N/N=C/c2ccccc2O)CC1. The van der Waals surface area contributed by atoms with Gasteiger partial charge in [0.05, 0.1) is 6.21 Å². The number of thiocarbonyl (C=S) groups is 1. The fraction of sp³-hybridized carbons (Fsp3) is 0.308. The molecule has 0 atom stereocenters. The van der Waals surface area contributed by atoms with Crippen molar-refractivity contribution in [2.45, 2.75) is 0 Å². The molecule has 1 aliphatic rings. The number of urea groups is 1. The molecule has 0 saturated carbocycles. The molecule has 0 aliphatic carbocycles. The summed E-state index contributed by atoms with van der Waals surface area (Å²) in [5.41, 5.74) is 4.93. The normalized spacial score (nSPS) is 15.0. The number of carbonyl (C=O) groups is 1. The summed E-state index contributed by atoms with van der Waals surface area (Å²) in [6, 6.07) is 6.31. The van der Waals surface area contributed by atoms with E-state index in [2.05, 4.69) is 10.5 Å². The summed E-state index contributed by atoms with van der Waals surface area (Å²) in [5, 5.41) is 22.6. The first-order chi connectivity index (χ1) is 10.6. The molecule has 118 valence electrons. The van der Waals surface area contributed by atoms with E-state index in [9.17, 15) is 9.90 Å². The molecule has 0 aromatic heterocycles. The van der Waals surface area contributed by atoms with E-state index in [1.165, 1.54) is 11.1 Å². The first-order valence-electron chi connectivity index (χ1n) is 6.67. The Labute approximate surface area is 133 Å². The lowest BCUT2D eigenvalue weighted by Crippen LogP contribution is -2.54. The number of nitrogens with zero attached hydrogens (tertiary/aromatic N) is 3. The quantitative estimate of drug-likeness (QED) is 0.271. The second-order valence-corrected chi connectivity index (χ2v) is 5.01. The lowest BCUT2D eigenvalue weighted by Gasteiger charge is -2.35. The average molecular weight is 323 g/mol. The average Bonchev–Trinajstić information content (AvgIpc) is 2.56. The van der Waals surface area contributed by atoms with Gasteiger partial charge in [-0.15, -0.1) is 0 Å². The Morgan fingerprint density at radius 2 is 1.86 bits per heavy atom. The highest BCUT2D eigenvalue weighted by Crippen LogP contribution is 2.12. The van der Waals surface area contributed by atoms with Gasteiger partial charge in [0.25, 0.3) is 0 Å². The van der Waals surface area contributed by atoms with Crippen LogP contribution < -0.4 is 10.9 Å². The largest absolute Gasteiger partial charge is 0.507 e. The zero-order valence-corrected chi connectivity index (χ0v) is 12.6. The number of carbonyl (C=O) groups excluding carboxylic acids is 1. The predicted molar refractivity (Wildman–Crippen MR) is 84.9 cm³/mol. The zero-order chi connectivity index (χ0) is 15.9. The standard InChI is InChI=1S/C13H17N5O3S/c19-11-4-2-1-3-10(11)9-14-15-13(22)18-7-5-17(6-8-18)12(20)16-21/h1-4,9,19,21H,5-8H2,(H,15,22)(H,16,20)/b14-9+. The second kappa shape index (κ2) is 7.57. The number of phenolic OH excluding ortho intramolecular Hbond substituents is 1. The number of aromatic hydroxyl groups is 1. The number of piperazine rings is 1. The Balaban J connectivity index is 1.81. The number of amides is 2. The molecule has 9 heteroatoms. The lowest BCUT2D eigenvalue weighted by molar-refractivity contribution is 0.115. The predicted octanol–water partition coefficient (Wildman–Crippen LogP) is 0.317. The number of hydrogen-bond acceptors (Lipinski definition) is 5. The molecule has 0 spiro atoms. The number of rotatable bonds is 2. The summed E-state index contributed by atoms with van der Waals surface area (Å²) in [7, 11) is 0. The minimum absolute atomic E-state index is 0.141. The fourth-order valence-corrected chi connectivity index (χ4v) is 2.24. The highest BCUT2D eigenvalue weighted by atomic mass is 32.1. The van der Waals surface area contributed by atoms with Gasteiger partial charge in [-0.1, -0.05) is 12.1 Å². The van der Waals surface area contributed by atoms with Crippen molar-refractivity contribution in [2.24, 2.45) is 5.10 Å². The zero-order valence-electron chi connectivity index (χ0n) is 11.8. The van der Waals surface area contributed by atoms with Crippen LogP contribution in [0.15, 0.2) is 29.4 Å². The van der Waals surface area contributed by atoms with Crippen molar-refractivity contribution < 1.29 is 15.1 Å². The van der Waals surface area contributed by atoms with Gasteiger partial charge in [-0.3, -0.25) is 10.6 Å². The highest BCUT2D eigenvalue weighted by molar-refractivity contribution is 7.80. The summed E-state index contributed by atoms with van der Waals surface area (Å²) in [5.74, 6) is 0.141. The molecule has 0 unspecified atom stereocenters. The van der Waals surface area contributed by atoms with Gasteiger partial charge in [0.1, 0.15) is 5.75 Å². The van der Waals surface area contributed by atoms with Crippen molar-refractivity contribution in [1.82, 2.24) is 20.7 Å². The molecular weight excluding hydrogens is 306 g/mol. The molecule has 1 aromatic carbocycles. The summed E-state index contributed by atoms with van der Waals surface area (Å²) in [6.07, 6.45) is 1.48. The number of hydrazone groups is 1. The van der Waals surface area contributed by atoms with Gasteiger partial charge in [-0.2, -0.15) is 5.10 Å². The van der Waals surface area contributed by atoms with Crippen molar-refractivity contribution in [2.75, 3.05) is 26.2 Å². The van der Waals surface area contributed by atoms with Gasteiger partial charge < -0.3 is 14.9 Å². The Bertz CT molecular complexity index is 573. The minimum Gasteiger partial charge on any atom is -0.507 e. The van der Waals surface area contributed by atoms with E-state index in [1.807, 2.05) is 4.90 Å². The van der Waals surface area contributed by atoms with Crippen LogP contribution in [0, 0.1) is 0 Å². The molecule has 1 saturated heterocycles. The molecule has 1 fully saturated rings. The minimum atomic E-state index is -0.517. The number of nitrogens with one attached hydrogen (secondary N) is 2. The summed E-state index contributed by atoms with van der Waals surface area (Å²) < 4.78 is 0. The van der Waals surface area contributed by atoms with Crippen LogP contribution in [0.1, 0.15) is 5.56 Å². The number of hydrogen-bond donors (Lipinski definition) is 4. The van der Waals surface area contributed by atoms with Crippen LogP contribution in [0.4, 0.5) is 4.79 Å². The van der Waals surface area contributed by atoms with Crippen molar-refractivity contribution >= 4 is 29.6 Å². The van der Waals surface area contributed by atoms with E-state index in [4.69, 9.17) is 17.4 Å². The van der Waals surface area contributed by atoms with E-state index < -0.39 is 6.03 Å². The molecule has 1 heterocycles. The maximum atomic E-state index is 11.3. The Morgan fingerprint density at radius 1 is 1.23 bits per heavy atom. The van der Waals surface area contributed by atoms with Crippen LogP contribution in [-0.4, -0.2) is 63.7 Å². The van der Waals surface area contributed by atoms with E-state index in [1.54, 1.807) is 29.7 Å². The van der Waals surface area contributed by atoms with Gasteiger partial charge in [-0.25, -0.2) is 10.3 Å². The maximum Gasteiger partial charge on any atom is 0.341 e. The summed E-state index contributed by atoms with van der Waals surface area (Å²) in [6.45, 7) is 2.01. The molecule has 22 heavy (non-hydrogen) atoms. The van der Waals surface area contributed by atoms with Gasteiger partial charge >= 0.3 is 6.03 Å². The van der Waals surface area contributed by atoms with Crippen LogP contribution in [0.5, 0.6) is 5.75 Å². The molecule has 2 rings (SSSR count). The molecule has 2 amide bonds. The smallest absolute Gasteiger partial charge is 0.341 e. The third kappa shape index (κ3) is 4.06. The molecule has 0 radical (unpaired) electrons. The number of para-hydroxylation sites is 1. The number of benzene rings is 1. The van der Waals surface area contributed by atoms with Gasteiger partial charge in [0.15, 0.2) is 5.11 Å². The van der Waals surface area contributed by atoms with Crippen LogP contribution >= 0.6 is 12.2 Å². The Morgan fingerprint density at radius 3 is 2.50 bits per heavy atom. The second-order valence-electron chi connectivity index (χ2n) is 4.63. The Hall–Kier alpha value is -2.39. The van der Waals surface area contributed by atoms with Crippen molar-refractivity contribution in [3.63, 3.8) is 0 Å². The molecule has 4 N–H and O–H groups in total. The van der Waals surface area contributed by atoms with E-state index in [0.717, 1.165) is 0 Å². The van der Waals surface area contributed by atoms with Crippen molar-refractivity contribution in [3.05, 3.63) is 29.8 Å². The Kier molecular flexibility index (Phi) is 5.50. The number of hydroxylamine groups is 1. The van der Waals surface area contributed by atoms with Crippen LogP contribution in [-0.2, 0) is 0 Å². The molecule has 1 aliphatic heterocycles. The molecular formula is C13H17N5O3S. The van der Waals surface area contributed by atoms with Gasteiger partial charge in [0, 0.05) is 31.7 Å². The van der Waals surface area contributed by atoms with Gasteiger partial charge in [-0.05, 0) is 24.4 Å². The third-order valence-electron chi connectivity index (χ3n) is 3.25. The highest BCUT2D eigenvalue weighted by Gasteiger charge is 2.21. The summed E-state index contributed by atoms with van der Waals surface area (Å²) >= 11 is 5.23. The first kappa shape index (κ1) is 16.0. The topological polar surface area (TPSA) is 100 Å². The maximum absolute atomic E-state index is 11.3. The third-order valence-corrected chi connectivity index (χ3v) is 3.60. The fourth-order valence-electron chi connectivity index (χ4n) is 2.01. The van der Waals surface area contributed by atoms with E-state index >= 15 is 0 Å². The molecule has 1 aromatic rings. The van der Waals surface area contributed by atoms with Crippen molar-refractivity contribution in [1.29, 1.82) is 0 Å². The monoisotopic (exact) mass is 323 g/mol. The van der Waals surface area contributed by atoms with Crippen molar-refractivity contribution in [3.8, 4) is 5.75 Å². The van der Waals surface area contributed by atoms with Crippen LogP contribution in [0.3, 0.4) is 0 Å². The van der Waals surface area contributed by atoms with E-state index in [-0.39, 0.29) is 5.75 Å². The number of phenols is 1. The molecule has 0 bridgehead atoms. The molecule has 8 nitrogen and oxygen atoms in total. The first-order valence-corrected chi connectivity index (χ1v) is 7.07. The van der Waals surface area contributed by atoms with Gasteiger partial charge in [0.2, 0.25) is 0 Å². The van der Waals surface area contributed by atoms with Crippen LogP contribution in [0.2, 0.25) is 0 Å². The van der Waals surface area contributed by atoms with E-state index in [0.29, 0.717) is 36.9 Å². The van der Waals surface area contributed by atoms with Crippen LogP contribution in [0.25, 0.3) is 0 Å². The summed E-state index contributed by atoms with van der Waals surface area (Å²) in [4.78, 5) is 14.6.